The van der Waals surface area contributed by atoms with E-state index in [0.29, 0.717) is 12.4 Å². The second kappa shape index (κ2) is 11.3. The standard InChI is InChI=1S/C21H25F3O4S/c1-3-16(13-27-18-6-4-17(5-7-18)21(22,23)24)14-29-19-8-9-20(15(2)12-19)26-10-11-28-25/h4-9,12,16,25H,3,10-11,13-14H2,1-2H3. The zero-order chi connectivity index (χ0) is 21.3. The Morgan fingerprint density at radius 1 is 1.03 bits per heavy atom. The highest BCUT2D eigenvalue weighted by molar-refractivity contribution is 7.99. The van der Waals surface area contributed by atoms with Crippen LogP contribution in [0.5, 0.6) is 11.5 Å². The third-order valence-electron chi connectivity index (χ3n) is 4.31. The van der Waals surface area contributed by atoms with Gasteiger partial charge < -0.3 is 9.47 Å². The van der Waals surface area contributed by atoms with Gasteiger partial charge in [-0.3, -0.25) is 5.26 Å². The first kappa shape index (κ1) is 23.4. The summed E-state index contributed by atoms with van der Waals surface area (Å²) in [5.41, 5.74) is 0.307. The molecule has 0 aromatic heterocycles. The molecule has 1 N–H and O–H groups in total. The van der Waals surface area contributed by atoms with E-state index in [4.69, 9.17) is 14.7 Å². The topological polar surface area (TPSA) is 47.9 Å². The average molecular weight is 430 g/mol. The predicted molar refractivity (Wildman–Crippen MR) is 107 cm³/mol. The van der Waals surface area contributed by atoms with Gasteiger partial charge in [0, 0.05) is 16.6 Å². The average Bonchev–Trinajstić information content (AvgIpc) is 2.69. The molecule has 0 saturated heterocycles. The van der Waals surface area contributed by atoms with Crippen LogP contribution in [-0.2, 0) is 11.1 Å². The summed E-state index contributed by atoms with van der Waals surface area (Å²) in [4.78, 5) is 5.09. The van der Waals surface area contributed by atoms with Crippen molar-refractivity contribution in [2.75, 3.05) is 25.6 Å². The lowest BCUT2D eigenvalue weighted by Gasteiger charge is -2.17. The molecule has 1 unspecified atom stereocenters. The van der Waals surface area contributed by atoms with Gasteiger partial charge in [-0.25, -0.2) is 4.89 Å². The number of halogens is 3. The fourth-order valence-corrected chi connectivity index (χ4v) is 3.70. The molecule has 4 nitrogen and oxygen atoms in total. The largest absolute Gasteiger partial charge is 0.493 e. The fraction of sp³-hybridized carbons (Fsp3) is 0.429. The van der Waals surface area contributed by atoms with Crippen LogP contribution in [0.3, 0.4) is 0 Å². The summed E-state index contributed by atoms with van der Waals surface area (Å²) in [6.45, 7) is 4.82. The number of rotatable bonds is 11. The van der Waals surface area contributed by atoms with E-state index >= 15 is 0 Å². The summed E-state index contributed by atoms with van der Waals surface area (Å²) in [7, 11) is 0. The normalized spacial score (nSPS) is 12.6. The molecule has 8 heteroatoms. The van der Waals surface area contributed by atoms with E-state index in [1.165, 1.54) is 12.1 Å². The van der Waals surface area contributed by atoms with Gasteiger partial charge in [0.1, 0.15) is 24.7 Å². The summed E-state index contributed by atoms with van der Waals surface area (Å²) < 4.78 is 49.0. The summed E-state index contributed by atoms with van der Waals surface area (Å²) in [5.74, 6) is 2.27. The van der Waals surface area contributed by atoms with Crippen LogP contribution in [0.1, 0.15) is 24.5 Å². The molecule has 0 fully saturated rings. The van der Waals surface area contributed by atoms with E-state index in [1.54, 1.807) is 11.8 Å². The number of hydrogen-bond acceptors (Lipinski definition) is 5. The number of benzene rings is 2. The Kier molecular flexibility index (Phi) is 9.13. The Hall–Kier alpha value is -1.90. The monoisotopic (exact) mass is 430 g/mol. The van der Waals surface area contributed by atoms with E-state index in [2.05, 4.69) is 11.8 Å². The summed E-state index contributed by atoms with van der Waals surface area (Å²) in [5, 5.41) is 8.33. The van der Waals surface area contributed by atoms with Gasteiger partial charge in [-0.05, 0) is 61.4 Å². The molecule has 0 aliphatic heterocycles. The van der Waals surface area contributed by atoms with Gasteiger partial charge in [-0.1, -0.05) is 6.92 Å². The first-order chi connectivity index (χ1) is 13.8. The molecule has 2 aromatic rings. The molecule has 2 aromatic carbocycles. The van der Waals surface area contributed by atoms with Crippen molar-refractivity contribution >= 4 is 11.8 Å². The lowest BCUT2D eigenvalue weighted by Crippen LogP contribution is -2.14. The van der Waals surface area contributed by atoms with Crippen molar-refractivity contribution in [3.05, 3.63) is 53.6 Å². The van der Waals surface area contributed by atoms with Crippen LogP contribution in [-0.4, -0.2) is 30.8 Å². The first-order valence-electron chi connectivity index (χ1n) is 9.26. The molecule has 1 atom stereocenters. The maximum Gasteiger partial charge on any atom is 0.416 e. The van der Waals surface area contributed by atoms with E-state index < -0.39 is 11.7 Å². The molecule has 0 amide bonds. The number of aryl methyl sites for hydroxylation is 1. The van der Waals surface area contributed by atoms with Gasteiger partial charge in [0.15, 0.2) is 0 Å². The van der Waals surface area contributed by atoms with Crippen molar-refractivity contribution < 1.29 is 32.8 Å². The first-order valence-corrected chi connectivity index (χ1v) is 10.2. The molecule has 0 heterocycles. The van der Waals surface area contributed by atoms with Crippen molar-refractivity contribution in [1.82, 2.24) is 0 Å². The molecule has 0 spiro atoms. The van der Waals surface area contributed by atoms with Crippen molar-refractivity contribution in [1.29, 1.82) is 0 Å². The van der Waals surface area contributed by atoms with Crippen LogP contribution in [0.4, 0.5) is 13.2 Å². The van der Waals surface area contributed by atoms with E-state index in [9.17, 15) is 13.2 Å². The second-order valence-electron chi connectivity index (χ2n) is 6.53. The molecular weight excluding hydrogens is 405 g/mol. The zero-order valence-electron chi connectivity index (χ0n) is 16.4. The number of alkyl halides is 3. The number of thioether (sulfide) groups is 1. The van der Waals surface area contributed by atoms with Crippen LogP contribution >= 0.6 is 11.8 Å². The molecule has 2 rings (SSSR count). The molecule has 160 valence electrons. The maximum atomic E-state index is 12.6. The zero-order valence-corrected chi connectivity index (χ0v) is 17.2. The second-order valence-corrected chi connectivity index (χ2v) is 7.62. The molecule has 0 aliphatic carbocycles. The van der Waals surface area contributed by atoms with Crippen molar-refractivity contribution in [3.8, 4) is 11.5 Å². The van der Waals surface area contributed by atoms with E-state index in [0.717, 1.165) is 40.5 Å². The van der Waals surface area contributed by atoms with Crippen LogP contribution in [0, 0.1) is 12.8 Å². The lowest BCUT2D eigenvalue weighted by molar-refractivity contribution is -0.245. The summed E-state index contributed by atoms with van der Waals surface area (Å²) in [6.07, 6.45) is -3.44. The van der Waals surface area contributed by atoms with Crippen LogP contribution in [0.15, 0.2) is 47.4 Å². The highest BCUT2D eigenvalue weighted by atomic mass is 32.2. The molecule has 0 saturated carbocycles. The van der Waals surface area contributed by atoms with Gasteiger partial charge in [0.25, 0.3) is 0 Å². The minimum absolute atomic E-state index is 0.104. The Labute approximate surface area is 172 Å². The van der Waals surface area contributed by atoms with E-state index in [1.807, 2.05) is 25.1 Å². The van der Waals surface area contributed by atoms with Crippen molar-refractivity contribution in [2.24, 2.45) is 5.92 Å². The van der Waals surface area contributed by atoms with E-state index in [-0.39, 0.29) is 19.1 Å². The molecule has 0 aliphatic rings. The van der Waals surface area contributed by atoms with Gasteiger partial charge in [-0.15, -0.1) is 11.8 Å². The van der Waals surface area contributed by atoms with Crippen LogP contribution in [0.25, 0.3) is 0 Å². The van der Waals surface area contributed by atoms with Crippen molar-refractivity contribution in [2.45, 2.75) is 31.3 Å². The Morgan fingerprint density at radius 2 is 1.76 bits per heavy atom. The van der Waals surface area contributed by atoms with Gasteiger partial charge in [0.2, 0.25) is 0 Å². The minimum Gasteiger partial charge on any atom is -0.493 e. The third kappa shape index (κ3) is 7.79. The summed E-state index contributed by atoms with van der Waals surface area (Å²) >= 11 is 1.70. The highest BCUT2D eigenvalue weighted by Crippen LogP contribution is 2.31. The molecule has 0 bridgehead atoms. The van der Waals surface area contributed by atoms with Gasteiger partial charge >= 0.3 is 6.18 Å². The Balaban J connectivity index is 1.83. The molecule has 29 heavy (non-hydrogen) atoms. The fourth-order valence-electron chi connectivity index (χ4n) is 2.51. The third-order valence-corrected chi connectivity index (χ3v) is 5.53. The SMILES string of the molecule is CCC(COc1ccc(C(F)(F)F)cc1)CSc1ccc(OCCOO)c(C)c1. The lowest BCUT2D eigenvalue weighted by atomic mass is 10.1. The van der Waals surface area contributed by atoms with Crippen LogP contribution < -0.4 is 9.47 Å². The molecular formula is C21H25F3O4S. The van der Waals surface area contributed by atoms with Gasteiger partial charge in [0.05, 0.1) is 12.2 Å². The van der Waals surface area contributed by atoms with Crippen LogP contribution in [0.2, 0.25) is 0 Å². The Bertz CT molecular complexity index is 751. The van der Waals surface area contributed by atoms with Crippen molar-refractivity contribution in [3.63, 3.8) is 0 Å². The smallest absolute Gasteiger partial charge is 0.416 e. The highest BCUT2D eigenvalue weighted by Gasteiger charge is 2.30. The Morgan fingerprint density at radius 3 is 2.34 bits per heavy atom. The number of hydrogen-bond donors (Lipinski definition) is 1. The van der Waals surface area contributed by atoms with Gasteiger partial charge in [-0.2, -0.15) is 13.2 Å². The summed E-state index contributed by atoms with van der Waals surface area (Å²) in [6, 6.07) is 10.7. The maximum absolute atomic E-state index is 12.6. The molecule has 0 radical (unpaired) electrons. The minimum atomic E-state index is -4.34. The predicted octanol–water partition coefficient (Wildman–Crippen LogP) is 6.08. The number of ether oxygens (including phenoxy) is 2. The quantitative estimate of drug-likeness (QED) is 0.203.